The minimum atomic E-state index is -0.713. The Labute approximate surface area is 169 Å². The van der Waals surface area contributed by atoms with Crippen molar-refractivity contribution in [2.75, 3.05) is 12.4 Å². The Balaban J connectivity index is 2.15. The summed E-state index contributed by atoms with van der Waals surface area (Å²) < 4.78 is 5.16. The van der Waals surface area contributed by atoms with E-state index in [1.807, 2.05) is 13.8 Å². The second-order valence-corrected chi connectivity index (χ2v) is 7.34. The Hall–Kier alpha value is -2.24. The number of hydrogen-bond donors (Lipinski definition) is 2. The van der Waals surface area contributed by atoms with E-state index in [4.69, 9.17) is 27.9 Å². The fraction of sp³-hybridized carbons (Fsp3) is 0.300. The van der Waals surface area contributed by atoms with Crippen molar-refractivity contribution in [3.05, 3.63) is 58.1 Å². The number of amides is 2. The molecule has 0 saturated carbocycles. The Morgan fingerprint density at radius 1 is 1.11 bits per heavy atom. The number of methoxy groups -OCH3 is 1. The van der Waals surface area contributed by atoms with E-state index in [1.165, 1.54) is 12.1 Å². The molecule has 0 fully saturated rings. The van der Waals surface area contributed by atoms with Gasteiger partial charge >= 0.3 is 0 Å². The lowest BCUT2D eigenvalue weighted by Crippen LogP contribution is -2.44. The molecule has 0 bridgehead atoms. The Kier molecular flexibility index (Phi) is 7.51. The summed E-state index contributed by atoms with van der Waals surface area (Å²) in [6.07, 6.45) is 0.479. The van der Waals surface area contributed by atoms with Crippen LogP contribution in [0.25, 0.3) is 0 Å². The van der Waals surface area contributed by atoms with Gasteiger partial charge in [0.05, 0.1) is 17.7 Å². The van der Waals surface area contributed by atoms with Crippen LogP contribution >= 0.6 is 23.2 Å². The lowest BCUT2D eigenvalue weighted by molar-refractivity contribution is -0.118. The molecule has 7 heteroatoms. The van der Waals surface area contributed by atoms with Crippen molar-refractivity contribution in [1.29, 1.82) is 0 Å². The van der Waals surface area contributed by atoms with E-state index in [2.05, 4.69) is 10.6 Å². The van der Waals surface area contributed by atoms with Crippen LogP contribution in [-0.2, 0) is 4.79 Å². The van der Waals surface area contributed by atoms with E-state index < -0.39 is 11.9 Å². The van der Waals surface area contributed by atoms with Crippen molar-refractivity contribution in [2.24, 2.45) is 5.92 Å². The van der Waals surface area contributed by atoms with Gasteiger partial charge < -0.3 is 15.4 Å². The lowest BCUT2D eigenvalue weighted by Gasteiger charge is -2.20. The van der Waals surface area contributed by atoms with Crippen LogP contribution < -0.4 is 15.4 Å². The molecule has 0 aliphatic heterocycles. The highest BCUT2D eigenvalue weighted by Crippen LogP contribution is 2.22. The van der Waals surface area contributed by atoms with Gasteiger partial charge in [0.1, 0.15) is 11.8 Å². The molecule has 5 nitrogen and oxygen atoms in total. The molecule has 0 aromatic heterocycles. The molecule has 0 radical (unpaired) electrons. The van der Waals surface area contributed by atoms with E-state index in [0.29, 0.717) is 22.9 Å². The van der Waals surface area contributed by atoms with E-state index in [0.717, 1.165) is 0 Å². The molecular weight excluding hydrogens is 387 g/mol. The van der Waals surface area contributed by atoms with E-state index in [-0.39, 0.29) is 22.4 Å². The van der Waals surface area contributed by atoms with Crippen molar-refractivity contribution in [3.63, 3.8) is 0 Å². The first kappa shape index (κ1) is 21.1. The van der Waals surface area contributed by atoms with Crippen LogP contribution in [0.15, 0.2) is 42.5 Å². The summed E-state index contributed by atoms with van der Waals surface area (Å²) >= 11 is 12.0. The summed E-state index contributed by atoms with van der Waals surface area (Å²) in [7, 11) is 1.55. The van der Waals surface area contributed by atoms with Crippen molar-refractivity contribution in [3.8, 4) is 5.75 Å². The third kappa shape index (κ3) is 6.15. The zero-order valence-corrected chi connectivity index (χ0v) is 16.9. The molecule has 2 aromatic carbocycles. The fourth-order valence-corrected chi connectivity index (χ4v) is 3.04. The van der Waals surface area contributed by atoms with Crippen molar-refractivity contribution in [2.45, 2.75) is 26.3 Å². The normalized spacial score (nSPS) is 11.8. The van der Waals surface area contributed by atoms with Gasteiger partial charge in [0, 0.05) is 16.8 Å². The standard InChI is InChI=1S/C20H22Cl2N2O3/c1-12(2)9-18(20(26)23-14-5-4-6-15(11-14)27-3)24-19(25)16-8-7-13(21)10-17(16)22/h4-8,10-12,18H,9H2,1-3H3,(H,23,26)(H,24,25). The minimum Gasteiger partial charge on any atom is -0.497 e. The zero-order chi connectivity index (χ0) is 20.0. The van der Waals surface area contributed by atoms with Crippen LogP contribution in [0.2, 0.25) is 10.0 Å². The molecule has 0 aliphatic carbocycles. The topological polar surface area (TPSA) is 67.4 Å². The maximum Gasteiger partial charge on any atom is 0.253 e. The summed E-state index contributed by atoms with van der Waals surface area (Å²) in [5, 5.41) is 6.25. The molecule has 2 aromatic rings. The van der Waals surface area contributed by atoms with Gasteiger partial charge in [-0.2, -0.15) is 0 Å². The van der Waals surface area contributed by atoms with Crippen molar-refractivity contribution >= 4 is 40.7 Å². The fourth-order valence-electron chi connectivity index (χ4n) is 2.54. The Morgan fingerprint density at radius 3 is 2.48 bits per heavy atom. The van der Waals surface area contributed by atoms with Gasteiger partial charge in [-0.15, -0.1) is 0 Å². The molecule has 2 amide bonds. The number of ether oxygens (including phenoxy) is 1. The Morgan fingerprint density at radius 2 is 1.85 bits per heavy atom. The van der Waals surface area contributed by atoms with Crippen LogP contribution in [0.3, 0.4) is 0 Å². The van der Waals surface area contributed by atoms with Crippen LogP contribution in [0.4, 0.5) is 5.69 Å². The monoisotopic (exact) mass is 408 g/mol. The van der Waals surface area contributed by atoms with Gasteiger partial charge in [-0.1, -0.05) is 43.1 Å². The molecule has 2 rings (SSSR count). The highest BCUT2D eigenvalue weighted by molar-refractivity contribution is 6.36. The third-order valence-corrected chi connectivity index (χ3v) is 4.39. The van der Waals surface area contributed by atoms with Gasteiger partial charge in [-0.3, -0.25) is 9.59 Å². The molecule has 1 atom stereocenters. The smallest absolute Gasteiger partial charge is 0.253 e. The largest absolute Gasteiger partial charge is 0.497 e. The molecule has 0 aliphatic rings. The molecule has 27 heavy (non-hydrogen) atoms. The molecule has 144 valence electrons. The predicted molar refractivity (Wildman–Crippen MR) is 109 cm³/mol. The van der Waals surface area contributed by atoms with Crippen molar-refractivity contribution < 1.29 is 14.3 Å². The number of anilines is 1. The average molecular weight is 409 g/mol. The number of halogens is 2. The number of benzene rings is 2. The first-order valence-electron chi connectivity index (χ1n) is 8.51. The maximum atomic E-state index is 12.7. The second-order valence-electron chi connectivity index (χ2n) is 6.50. The van der Waals surface area contributed by atoms with Gasteiger partial charge in [-0.25, -0.2) is 0 Å². The quantitative estimate of drug-likeness (QED) is 0.691. The second kappa shape index (κ2) is 9.62. The summed E-state index contributed by atoms with van der Waals surface area (Å²) in [4.78, 5) is 25.3. The van der Waals surface area contributed by atoms with Gasteiger partial charge in [0.2, 0.25) is 5.91 Å². The van der Waals surface area contributed by atoms with Gasteiger partial charge in [0.15, 0.2) is 0 Å². The van der Waals surface area contributed by atoms with Gasteiger partial charge in [0.25, 0.3) is 5.91 Å². The number of rotatable bonds is 7. The first-order valence-corrected chi connectivity index (χ1v) is 9.26. The number of carbonyl (C=O) groups is 2. The van der Waals surface area contributed by atoms with Crippen LogP contribution in [0.1, 0.15) is 30.6 Å². The summed E-state index contributed by atoms with van der Waals surface area (Å²) in [5.41, 5.74) is 0.857. The number of nitrogens with one attached hydrogen (secondary N) is 2. The average Bonchev–Trinajstić information content (AvgIpc) is 2.60. The van der Waals surface area contributed by atoms with E-state index in [9.17, 15) is 9.59 Å². The molecule has 0 saturated heterocycles. The van der Waals surface area contributed by atoms with Gasteiger partial charge in [-0.05, 0) is 42.7 Å². The highest BCUT2D eigenvalue weighted by Gasteiger charge is 2.23. The number of carbonyl (C=O) groups excluding carboxylic acids is 2. The first-order chi connectivity index (χ1) is 12.8. The van der Waals surface area contributed by atoms with E-state index in [1.54, 1.807) is 37.4 Å². The van der Waals surface area contributed by atoms with E-state index >= 15 is 0 Å². The van der Waals surface area contributed by atoms with Crippen molar-refractivity contribution in [1.82, 2.24) is 5.32 Å². The van der Waals surface area contributed by atoms with Crippen LogP contribution in [-0.4, -0.2) is 25.0 Å². The number of hydrogen-bond acceptors (Lipinski definition) is 3. The molecule has 0 heterocycles. The molecule has 0 spiro atoms. The highest BCUT2D eigenvalue weighted by atomic mass is 35.5. The predicted octanol–water partition coefficient (Wildman–Crippen LogP) is 4.79. The minimum absolute atomic E-state index is 0.201. The zero-order valence-electron chi connectivity index (χ0n) is 15.4. The molecular formula is C20H22Cl2N2O3. The SMILES string of the molecule is COc1cccc(NC(=O)C(CC(C)C)NC(=O)c2ccc(Cl)cc2Cl)c1. The molecule has 1 unspecified atom stereocenters. The maximum absolute atomic E-state index is 12.7. The lowest BCUT2D eigenvalue weighted by atomic mass is 10.0. The Bertz CT molecular complexity index is 825. The van der Waals surface area contributed by atoms with Crippen LogP contribution in [0.5, 0.6) is 5.75 Å². The molecule has 2 N–H and O–H groups in total. The van der Waals surface area contributed by atoms with Crippen LogP contribution in [0, 0.1) is 5.92 Å². The summed E-state index contributed by atoms with van der Waals surface area (Å²) in [6, 6.07) is 10.9. The summed E-state index contributed by atoms with van der Waals surface area (Å²) in [6.45, 7) is 3.96. The third-order valence-electron chi connectivity index (χ3n) is 3.84. The summed E-state index contributed by atoms with van der Waals surface area (Å²) in [5.74, 6) is 0.0933.